The third kappa shape index (κ3) is 3.22. The highest BCUT2D eigenvalue weighted by molar-refractivity contribution is 6.34. The topological polar surface area (TPSA) is 64.3 Å². The number of anilines is 2. The molecule has 0 amide bonds. The molecule has 3 N–H and O–H groups in total. The lowest BCUT2D eigenvalue weighted by atomic mass is 10.1. The Kier molecular flexibility index (Phi) is 4.48. The van der Waals surface area contributed by atoms with Gasteiger partial charge in [-0.2, -0.15) is 0 Å². The lowest BCUT2D eigenvalue weighted by Crippen LogP contribution is -2.09. The van der Waals surface area contributed by atoms with Crippen LogP contribution in [0.5, 0.6) is 0 Å². The minimum Gasteiger partial charge on any atom is -0.465 e. The number of carbonyl (C=O) groups is 1. The molecule has 0 saturated carbocycles. The molecule has 0 spiro atoms. The van der Waals surface area contributed by atoms with Gasteiger partial charge in [0.2, 0.25) is 0 Å². The van der Waals surface area contributed by atoms with E-state index >= 15 is 0 Å². The molecular weight excluding hydrogens is 276 g/mol. The Morgan fingerprint density at radius 3 is 2.65 bits per heavy atom. The van der Waals surface area contributed by atoms with Crippen LogP contribution in [0, 0.1) is 0 Å². The zero-order valence-corrected chi connectivity index (χ0v) is 11.8. The van der Waals surface area contributed by atoms with Crippen LogP contribution in [0.25, 0.3) is 0 Å². The van der Waals surface area contributed by atoms with Crippen molar-refractivity contribution < 1.29 is 9.53 Å². The SMILES string of the molecule is COC(=O)c1cc(N)cc(Cl)c1NCc1ccccc1. The fraction of sp³-hybridized carbons (Fsp3) is 0.133. The summed E-state index contributed by atoms with van der Waals surface area (Å²) >= 11 is 6.15. The molecule has 2 rings (SSSR count). The van der Waals surface area contributed by atoms with E-state index in [-0.39, 0.29) is 0 Å². The summed E-state index contributed by atoms with van der Waals surface area (Å²) in [7, 11) is 1.32. The largest absolute Gasteiger partial charge is 0.465 e. The van der Waals surface area contributed by atoms with Crippen LogP contribution >= 0.6 is 11.6 Å². The average Bonchev–Trinajstić information content (AvgIpc) is 2.46. The minimum atomic E-state index is -0.477. The molecule has 0 saturated heterocycles. The van der Waals surface area contributed by atoms with E-state index in [1.165, 1.54) is 7.11 Å². The molecule has 2 aromatic rings. The molecule has 0 heterocycles. The predicted octanol–water partition coefficient (Wildman–Crippen LogP) is 3.32. The number of nitrogens with one attached hydrogen (secondary N) is 1. The Labute approximate surface area is 122 Å². The van der Waals surface area contributed by atoms with Crippen molar-refractivity contribution in [3.05, 3.63) is 58.6 Å². The van der Waals surface area contributed by atoms with Crippen molar-refractivity contribution in [1.82, 2.24) is 0 Å². The Balaban J connectivity index is 2.28. The van der Waals surface area contributed by atoms with Crippen molar-refractivity contribution in [3.8, 4) is 0 Å². The van der Waals surface area contributed by atoms with Crippen molar-refractivity contribution in [2.75, 3.05) is 18.2 Å². The summed E-state index contributed by atoms with van der Waals surface area (Å²) < 4.78 is 4.75. The Hall–Kier alpha value is -2.20. The normalized spacial score (nSPS) is 10.1. The summed E-state index contributed by atoms with van der Waals surface area (Å²) in [5.74, 6) is -0.477. The minimum absolute atomic E-state index is 0.327. The van der Waals surface area contributed by atoms with Crippen molar-refractivity contribution >= 4 is 28.9 Å². The van der Waals surface area contributed by atoms with Gasteiger partial charge in [0.15, 0.2) is 0 Å². The first-order chi connectivity index (χ1) is 9.61. The second-order valence-corrected chi connectivity index (χ2v) is 4.66. The average molecular weight is 291 g/mol. The zero-order chi connectivity index (χ0) is 14.5. The highest BCUT2D eigenvalue weighted by Gasteiger charge is 2.16. The molecule has 2 aromatic carbocycles. The van der Waals surface area contributed by atoms with Gasteiger partial charge in [-0.25, -0.2) is 4.79 Å². The molecule has 0 radical (unpaired) electrons. The third-order valence-electron chi connectivity index (χ3n) is 2.83. The van der Waals surface area contributed by atoms with Crippen LogP contribution in [0.15, 0.2) is 42.5 Å². The highest BCUT2D eigenvalue weighted by Crippen LogP contribution is 2.30. The van der Waals surface area contributed by atoms with Gasteiger partial charge in [0.25, 0.3) is 0 Å². The Bertz CT molecular complexity index is 615. The van der Waals surface area contributed by atoms with E-state index < -0.39 is 5.97 Å². The maximum absolute atomic E-state index is 11.8. The molecule has 0 unspecified atom stereocenters. The van der Waals surface area contributed by atoms with Gasteiger partial charge < -0.3 is 15.8 Å². The van der Waals surface area contributed by atoms with E-state index in [1.807, 2.05) is 30.3 Å². The summed E-state index contributed by atoms with van der Waals surface area (Å²) in [5, 5.41) is 3.54. The summed E-state index contributed by atoms with van der Waals surface area (Å²) in [6.07, 6.45) is 0. The first-order valence-corrected chi connectivity index (χ1v) is 6.44. The van der Waals surface area contributed by atoms with Gasteiger partial charge in [-0.3, -0.25) is 0 Å². The van der Waals surface area contributed by atoms with E-state index in [0.29, 0.717) is 28.5 Å². The molecule has 20 heavy (non-hydrogen) atoms. The number of hydrogen-bond donors (Lipinski definition) is 2. The molecule has 0 aliphatic rings. The Morgan fingerprint density at radius 2 is 2.00 bits per heavy atom. The Morgan fingerprint density at radius 1 is 1.30 bits per heavy atom. The molecule has 0 fully saturated rings. The summed E-state index contributed by atoms with van der Waals surface area (Å²) in [4.78, 5) is 11.8. The van der Waals surface area contributed by atoms with Crippen LogP contribution in [0.4, 0.5) is 11.4 Å². The number of benzene rings is 2. The van der Waals surface area contributed by atoms with E-state index in [4.69, 9.17) is 22.1 Å². The summed E-state index contributed by atoms with van der Waals surface area (Å²) in [6.45, 7) is 0.550. The molecule has 4 nitrogen and oxygen atoms in total. The molecule has 0 atom stereocenters. The van der Waals surface area contributed by atoms with Crippen LogP contribution in [0.1, 0.15) is 15.9 Å². The standard InChI is InChI=1S/C15H15ClN2O2/c1-20-15(19)12-7-11(17)8-13(16)14(12)18-9-10-5-3-2-4-6-10/h2-8,18H,9,17H2,1H3. The molecule has 5 heteroatoms. The highest BCUT2D eigenvalue weighted by atomic mass is 35.5. The van der Waals surface area contributed by atoms with Crippen LogP contribution < -0.4 is 11.1 Å². The quantitative estimate of drug-likeness (QED) is 0.670. The number of carbonyl (C=O) groups excluding carboxylic acids is 1. The van der Waals surface area contributed by atoms with Crippen molar-refractivity contribution in [1.29, 1.82) is 0 Å². The number of nitrogen functional groups attached to an aromatic ring is 1. The predicted molar refractivity (Wildman–Crippen MR) is 81.0 cm³/mol. The lowest BCUT2D eigenvalue weighted by molar-refractivity contribution is 0.0602. The van der Waals surface area contributed by atoms with Gasteiger partial charge >= 0.3 is 5.97 Å². The maximum atomic E-state index is 11.8. The number of rotatable bonds is 4. The van der Waals surface area contributed by atoms with Crippen LogP contribution in [-0.2, 0) is 11.3 Å². The third-order valence-corrected chi connectivity index (χ3v) is 3.13. The van der Waals surface area contributed by atoms with Gasteiger partial charge in [0.05, 0.1) is 23.4 Å². The molecule has 0 bridgehead atoms. The fourth-order valence-corrected chi connectivity index (χ4v) is 2.16. The number of methoxy groups -OCH3 is 1. The van der Waals surface area contributed by atoms with Gasteiger partial charge in [-0.15, -0.1) is 0 Å². The zero-order valence-electron chi connectivity index (χ0n) is 11.0. The number of nitrogens with two attached hydrogens (primary N) is 1. The van der Waals surface area contributed by atoms with Crippen molar-refractivity contribution in [2.45, 2.75) is 6.54 Å². The molecular formula is C15H15ClN2O2. The number of ether oxygens (including phenoxy) is 1. The van der Waals surface area contributed by atoms with Crippen LogP contribution in [0.3, 0.4) is 0 Å². The smallest absolute Gasteiger partial charge is 0.340 e. The number of esters is 1. The molecule has 0 aromatic heterocycles. The lowest BCUT2D eigenvalue weighted by Gasteiger charge is -2.13. The maximum Gasteiger partial charge on any atom is 0.340 e. The van der Waals surface area contributed by atoms with Crippen LogP contribution in [0.2, 0.25) is 5.02 Å². The summed E-state index contributed by atoms with van der Waals surface area (Å²) in [6, 6.07) is 12.9. The number of halogens is 1. The van der Waals surface area contributed by atoms with Crippen LogP contribution in [-0.4, -0.2) is 13.1 Å². The van der Waals surface area contributed by atoms with Gasteiger partial charge in [-0.05, 0) is 17.7 Å². The first kappa shape index (κ1) is 14.2. The van der Waals surface area contributed by atoms with E-state index in [0.717, 1.165) is 5.56 Å². The van der Waals surface area contributed by atoms with Crippen molar-refractivity contribution in [3.63, 3.8) is 0 Å². The van der Waals surface area contributed by atoms with Crippen molar-refractivity contribution in [2.24, 2.45) is 0 Å². The second-order valence-electron chi connectivity index (χ2n) is 4.26. The van der Waals surface area contributed by atoms with E-state index in [1.54, 1.807) is 12.1 Å². The van der Waals surface area contributed by atoms with E-state index in [2.05, 4.69) is 5.32 Å². The first-order valence-electron chi connectivity index (χ1n) is 6.07. The van der Waals surface area contributed by atoms with Gasteiger partial charge in [0, 0.05) is 12.2 Å². The monoisotopic (exact) mass is 290 g/mol. The fourth-order valence-electron chi connectivity index (χ4n) is 1.86. The molecule has 0 aliphatic heterocycles. The molecule has 104 valence electrons. The van der Waals surface area contributed by atoms with E-state index in [9.17, 15) is 4.79 Å². The van der Waals surface area contributed by atoms with Gasteiger partial charge in [-0.1, -0.05) is 41.9 Å². The second kappa shape index (κ2) is 6.30. The molecule has 0 aliphatic carbocycles. The number of hydrogen-bond acceptors (Lipinski definition) is 4. The summed E-state index contributed by atoms with van der Waals surface area (Å²) in [5.41, 5.74) is 8.06. The van der Waals surface area contributed by atoms with Gasteiger partial charge in [0.1, 0.15) is 0 Å².